The van der Waals surface area contributed by atoms with Gasteiger partial charge in [-0.3, -0.25) is 0 Å². The fourth-order valence-electron chi connectivity index (χ4n) is 1.88. The normalized spacial score (nSPS) is 25.1. The Hall–Kier alpha value is -0.810. The molecule has 0 aromatic rings. The van der Waals surface area contributed by atoms with Crippen LogP contribution in [0.1, 0.15) is 32.6 Å². The van der Waals surface area contributed by atoms with E-state index in [-0.39, 0.29) is 12.1 Å². The molecule has 0 aromatic heterocycles. The van der Waals surface area contributed by atoms with E-state index in [2.05, 4.69) is 10.6 Å². The van der Waals surface area contributed by atoms with Crippen molar-refractivity contribution in [3.63, 3.8) is 0 Å². The van der Waals surface area contributed by atoms with Gasteiger partial charge in [-0.15, -0.1) is 0 Å². The van der Waals surface area contributed by atoms with E-state index in [0.717, 1.165) is 25.7 Å². The summed E-state index contributed by atoms with van der Waals surface area (Å²) in [5.41, 5.74) is 0. The summed E-state index contributed by atoms with van der Waals surface area (Å²) < 4.78 is 5.10. The highest BCUT2D eigenvalue weighted by Gasteiger charge is 2.24. The van der Waals surface area contributed by atoms with Crippen LogP contribution < -0.4 is 10.6 Å². The summed E-state index contributed by atoms with van der Waals surface area (Å²) in [6.07, 6.45) is 3.36. The zero-order valence-corrected chi connectivity index (χ0v) is 9.87. The molecular formula is C11H22N2O3. The topological polar surface area (TPSA) is 70.6 Å². The molecule has 2 unspecified atom stereocenters. The molecule has 5 nitrogen and oxygen atoms in total. The fraction of sp³-hybridized carbons (Fsp3) is 0.909. The van der Waals surface area contributed by atoms with Gasteiger partial charge in [-0.1, -0.05) is 12.8 Å². The van der Waals surface area contributed by atoms with Crippen LogP contribution in [0.5, 0.6) is 0 Å². The van der Waals surface area contributed by atoms with Crippen LogP contribution in [0.2, 0.25) is 0 Å². The van der Waals surface area contributed by atoms with Gasteiger partial charge in [-0.2, -0.15) is 0 Å². The van der Waals surface area contributed by atoms with Gasteiger partial charge in [0.2, 0.25) is 0 Å². The zero-order valence-electron chi connectivity index (χ0n) is 9.87. The standard InChI is InChI=1S/C11H22N2O3/c1-2-16-8-7-12-11(15)13-9-5-3-4-6-10(9)14/h9-10,14H,2-8H2,1H3,(H2,12,13,15). The Morgan fingerprint density at radius 3 is 2.88 bits per heavy atom. The maximum atomic E-state index is 11.4. The van der Waals surface area contributed by atoms with Crippen molar-refractivity contribution in [1.82, 2.24) is 10.6 Å². The first kappa shape index (κ1) is 13.3. The summed E-state index contributed by atoms with van der Waals surface area (Å²) in [5, 5.41) is 15.1. The quantitative estimate of drug-likeness (QED) is 0.607. The van der Waals surface area contributed by atoms with Gasteiger partial charge in [-0.05, 0) is 19.8 Å². The van der Waals surface area contributed by atoms with Gasteiger partial charge < -0.3 is 20.5 Å². The average molecular weight is 230 g/mol. The highest BCUT2D eigenvalue weighted by Crippen LogP contribution is 2.17. The van der Waals surface area contributed by atoms with Gasteiger partial charge in [0, 0.05) is 13.2 Å². The molecule has 1 saturated carbocycles. The molecule has 1 aliphatic carbocycles. The molecule has 1 fully saturated rings. The number of aliphatic hydroxyl groups excluding tert-OH is 1. The van der Waals surface area contributed by atoms with E-state index in [4.69, 9.17) is 4.74 Å². The van der Waals surface area contributed by atoms with Crippen molar-refractivity contribution in [3.05, 3.63) is 0 Å². The van der Waals surface area contributed by atoms with Crippen LogP contribution in [0.15, 0.2) is 0 Å². The van der Waals surface area contributed by atoms with Crippen molar-refractivity contribution in [2.45, 2.75) is 44.8 Å². The molecule has 1 rings (SSSR count). The molecular weight excluding hydrogens is 208 g/mol. The summed E-state index contributed by atoms with van der Waals surface area (Å²) in [4.78, 5) is 11.4. The molecule has 0 heterocycles. The summed E-state index contributed by atoms with van der Waals surface area (Å²) in [6, 6.07) is -0.313. The largest absolute Gasteiger partial charge is 0.391 e. The number of urea groups is 1. The highest BCUT2D eigenvalue weighted by atomic mass is 16.5. The predicted octanol–water partition coefficient (Wildman–Crippen LogP) is 0.626. The highest BCUT2D eigenvalue weighted by molar-refractivity contribution is 5.74. The van der Waals surface area contributed by atoms with E-state index in [1.165, 1.54) is 0 Å². The first-order chi connectivity index (χ1) is 7.74. The Bertz CT molecular complexity index is 211. The lowest BCUT2D eigenvalue weighted by Crippen LogP contribution is -2.49. The van der Waals surface area contributed by atoms with Gasteiger partial charge in [0.1, 0.15) is 0 Å². The number of carbonyl (C=O) groups is 1. The molecule has 94 valence electrons. The average Bonchev–Trinajstić information content (AvgIpc) is 2.28. The minimum absolute atomic E-state index is 0.0964. The molecule has 1 aliphatic rings. The Labute approximate surface area is 96.6 Å². The van der Waals surface area contributed by atoms with Gasteiger partial charge >= 0.3 is 6.03 Å². The van der Waals surface area contributed by atoms with Crippen LogP contribution in [-0.4, -0.2) is 43.0 Å². The van der Waals surface area contributed by atoms with E-state index in [0.29, 0.717) is 19.8 Å². The molecule has 5 heteroatoms. The van der Waals surface area contributed by atoms with Crippen molar-refractivity contribution in [2.75, 3.05) is 19.8 Å². The van der Waals surface area contributed by atoms with Crippen LogP contribution in [0.4, 0.5) is 4.79 Å². The number of carbonyl (C=O) groups excluding carboxylic acids is 1. The van der Waals surface area contributed by atoms with Crippen molar-refractivity contribution < 1.29 is 14.6 Å². The maximum Gasteiger partial charge on any atom is 0.315 e. The van der Waals surface area contributed by atoms with Crippen molar-refractivity contribution >= 4 is 6.03 Å². The summed E-state index contributed by atoms with van der Waals surface area (Å²) >= 11 is 0. The van der Waals surface area contributed by atoms with Gasteiger partial charge in [0.05, 0.1) is 18.8 Å². The molecule has 3 N–H and O–H groups in total. The van der Waals surface area contributed by atoms with Crippen LogP contribution in [-0.2, 0) is 4.74 Å². The molecule has 0 aromatic carbocycles. The predicted molar refractivity (Wildman–Crippen MR) is 61.3 cm³/mol. The number of nitrogens with one attached hydrogen (secondary N) is 2. The van der Waals surface area contributed by atoms with E-state index < -0.39 is 6.10 Å². The molecule has 2 atom stereocenters. The maximum absolute atomic E-state index is 11.4. The summed E-state index contributed by atoms with van der Waals surface area (Å²) in [5.74, 6) is 0. The number of aliphatic hydroxyl groups is 1. The smallest absolute Gasteiger partial charge is 0.315 e. The first-order valence-electron chi connectivity index (χ1n) is 6.04. The molecule has 0 bridgehead atoms. The molecule has 0 spiro atoms. The SMILES string of the molecule is CCOCCNC(=O)NC1CCCCC1O. The minimum Gasteiger partial charge on any atom is -0.391 e. The van der Waals surface area contributed by atoms with Crippen LogP contribution in [0.3, 0.4) is 0 Å². The van der Waals surface area contributed by atoms with Crippen LogP contribution >= 0.6 is 0 Å². The van der Waals surface area contributed by atoms with E-state index >= 15 is 0 Å². The lowest BCUT2D eigenvalue weighted by molar-refractivity contribution is 0.0938. The van der Waals surface area contributed by atoms with E-state index in [1.54, 1.807) is 0 Å². The number of rotatable bonds is 5. The monoisotopic (exact) mass is 230 g/mol. The third kappa shape index (κ3) is 4.81. The van der Waals surface area contributed by atoms with Crippen molar-refractivity contribution in [1.29, 1.82) is 0 Å². The fourth-order valence-corrected chi connectivity index (χ4v) is 1.88. The Balaban J connectivity index is 2.12. The van der Waals surface area contributed by atoms with Crippen LogP contribution in [0.25, 0.3) is 0 Å². The lowest BCUT2D eigenvalue weighted by Gasteiger charge is -2.28. The Kier molecular flexibility index (Phi) is 6.18. The third-order valence-corrected chi connectivity index (χ3v) is 2.78. The lowest BCUT2D eigenvalue weighted by atomic mass is 9.93. The Morgan fingerprint density at radius 2 is 2.19 bits per heavy atom. The van der Waals surface area contributed by atoms with Gasteiger partial charge in [-0.25, -0.2) is 4.79 Å². The first-order valence-corrected chi connectivity index (χ1v) is 6.04. The summed E-state index contributed by atoms with van der Waals surface area (Å²) in [7, 11) is 0. The zero-order chi connectivity index (χ0) is 11.8. The second-order valence-electron chi connectivity index (χ2n) is 4.06. The molecule has 0 aliphatic heterocycles. The second-order valence-corrected chi connectivity index (χ2v) is 4.06. The molecule has 0 saturated heterocycles. The van der Waals surface area contributed by atoms with Crippen LogP contribution in [0, 0.1) is 0 Å². The molecule has 0 radical (unpaired) electrons. The number of hydrogen-bond acceptors (Lipinski definition) is 3. The molecule has 2 amide bonds. The van der Waals surface area contributed by atoms with Gasteiger partial charge in [0.15, 0.2) is 0 Å². The Morgan fingerprint density at radius 1 is 1.44 bits per heavy atom. The third-order valence-electron chi connectivity index (χ3n) is 2.78. The van der Waals surface area contributed by atoms with Crippen molar-refractivity contribution in [2.24, 2.45) is 0 Å². The van der Waals surface area contributed by atoms with Gasteiger partial charge in [0.25, 0.3) is 0 Å². The number of hydrogen-bond donors (Lipinski definition) is 3. The molecule has 16 heavy (non-hydrogen) atoms. The number of ether oxygens (including phenoxy) is 1. The minimum atomic E-state index is -0.397. The van der Waals surface area contributed by atoms with E-state index in [1.807, 2.05) is 6.92 Å². The van der Waals surface area contributed by atoms with E-state index in [9.17, 15) is 9.90 Å². The summed E-state index contributed by atoms with van der Waals surface area (Å²) in [6.45, 7) is 3.60. The number of amides is 2. The second kappa shape index (κ2) is 7.46. The van der Waals surface area contributed by atoms with Crippen molar-refractivity contribution in [3.8, 4) is 0 Å².